The molecule has 2 N–H and O–H groups in total. The van der Waals surface area contributed by atoms with Gasteiger partial charge in [-0.2, -0.15) is 0 Å². The van der Waals surface area contributed by atoms with Crippen LogP contribution in [-0.2, 0) is 6.42 Å². The molecule has 0 saturated heterocycles. The number of fused-ring (bicyclic) bond motifs is 3. The summed E-state index contributed by atoms with van der Waals surface area (Å²) in [5.41, 5.74) is 12.3. The first kappa shape index (κ1) is 11.4. The highest BCUT2D eigenvalue weighted by Gasteiger charge is 2.18. The van der Waals surface area contributed by atoms with Gasteiger partial charge in [0, 0.05) is 6.04 Å². The second-order valence-electron chi connectivity index (χ2n) is 4.83. The lowest BCUT2D eigenvalue weighted by molar-refractivity contribution is 0.442. The van der Waals surface area contributed by atoms with Gasteiger partial charge >= 0.3 is 0 Å². The highest BCUT2D eigenvalue weighted by Crippen LogP contribution is 2.37. The molecular formula is C16H16FN. The van der Waals surface area contributed by atoms with Gasteiger partial charge in [-0.1, -0.05) is 42.5 Å². The SMILES string of the molecule is N[C@@H](CCF)c1ccc2c(c1)Cc1ccccc1-2. The zero-order chi connectivity index (χ0) is 12.5. The Labute approximate surface area is 106 Å². The fourth-order valence-corrected chi connectivity index (χ4v) is 2.68. The molecular weight excluding hydrogens is 225 g/mol. The third-order valence-electron chi connectivity index (χ3n) is 3.67. The molecule has 2 heteroatoms. The first-order valence-corrected chi connectivity index (χ1v) is 6.32. The van der Waals surface area contributed by atoms with Gasteiger partial charge in [0.2, 0.25) is 0 Å². The molecule has 2 aromatic rings. The molecule has 18 heavy (non-hydrogen) atoms. The predicted molar refractivity (Wildman–Crippen MR) is 72.2 cm³/mol. The van der Waals surface area contributed by atoms with Crippen LogP contribution in [0.15, 0.2) is 42.5 Å². The molecule has 0 aliphatic heterocycles. The fourth-order valence-electron chi connectivity index (χ4n) is 2.68. The Morgan fingerprint density at radius 1 is 1.06 bits per heavy atom. The molecule has 0 fully saturated rings. The normalized spacial score (nSPS) is 14.1. The van der Waals surface area contributed by atoms with Crippen molar-refractivity contribution >= 4 is 0 Å². The molecule has 1 aliphatic rings. The summed E-state index contributed by atoms with van der Waals surface area (Å²) in [6.07, 6.45) is 1.35. The van der Waals surface area contributed by atoms with Gasteiger partial charge in [0.05, 0.1) is 6.67 Å². The van der Waals surface area contributed by atoms with Crippen LogP contribution in [0.25, 0.3) is 11.1 Å². The Balaban J connectivity index is 1.98. The third kappa shape index (κ3) is 1.83. The van der Waals surface area contributed by atoms with Crippen LogP contribution < -0.4 is 5.73 Å². The van der Waals surface area contributed by atoms with Crippen LogP contribution in [0, 0.1) is 0 Å². The van der Waals surface area contributed by atoms with Gasteiger partial charge in [-0.15, -0.1) is 0 Å². The van der Waals surface area contributed by atoms with Crippen molar-refractivity contribution in [1.82, 2.24) is 0 Å². The number of benzene rings is 2. The first-order chi connectivity index (χ1) is 8.79. The molecule has 1 nitrogen and oxygen atoms in total. The van der Waals surface area contributed by atoms with E-state index in [1.54, 1.807) is 0 Å². The molecule has 0 radical (unpaired) electrons. The first-order valence-electron chi connectivity index (χ1n) is 6.32. The number of nitrogens with two attached hydrogens (primary N) is 1. The van der Waals surface area contributed by atoms with Crippen molar-refractivity contribution in [3.05, 3.63) is 59.2 Å². The van der Waals surface area contributed by atoms with Crippen LogP contribution in [0.3, 0.4) is 0 Å². The Hall–Kier alpha value is -1.67. The molecule has 1 atom stereocenters. The van der Waals surface area contributed by atoms with E-state index in [4.69, 9.17) is 5.73 Å². The van der Waals surface area contributed by atoms with E-state index in [1.165, 1.54) is 22.3 Å². The highest BCUT2D eigenvalue weighted by molar-refractivity contribution is 5.76. The number of hydrogen-bond acceptors (Lipinski definition) is 1. The van der Waals surface area contributed by atoms with Crippen molar-refractivity contribution in [2.75, 3.05) is 6.67 Å². The minimum atomic E-state index is -0.363. The Morgan fingerprint density at radius 2 is 1.83 bits per heavy atom. The maximum atomic E-state index is 12.3. The van der Waals surface area contributed by atoms with E-state index in [0.29, 0.717) is 6.42 Å². The summed E-state index contributed by atoms with van der Waals surface area (Å²) in [6.45, 7) is -0.363. The van der Waals surface area contributed by atoms with Crippen LogP contribution in [-0.4, -0.2) is 6.67 Å². The van der Waals surface area contributed by atoms with E-state index in [0.717, 1.165) is 12.0 Å². The molecule has 3 rings (SSSR count). The number of alkyl halides is 1. The molecule has 0 aromatic heterocycles. The van der Waals surface area contributed by atoms with E-state index in [-0.39, 0.29) is 12.7 Å². The van der Waals surface area contributed by atoms with Gasteiger partial charge in [-0.05, 0) is 40.7 Å². The van der Waals surface area contributed by atoms with E-state index >= 15 is 0 Å². The van der Waals surface area contributed by atoms with E-state index in [2.05, 4.69) is 36.4 Å². The Kier molecular flexibility index (Phi) is 2.88. The van der Waals surface area contributed by atoms with Gasteiger partial charge in [-0.25, -0.2) is 0 Å². The van der Waals surface area contributed by atoms with Crippen LogP contribution >= 0.6 is 0 Å². The van der Waals surface area contributed by atoms with Crippen LogP contribution in [0.1, 0.15) is 29.2 Å². The summed E-state index contributed by atoms with van der Waals surface area (Å²) in [4.78, 5) is 0. The zero-order valence-electron chi connectivity index (χ0n) is 10.2. The largest absolute Gasteiger partial charge is 0.324 e. The fraction of sp³-hybridized carbons (Fsp3) is 0.250. The number of rotatable bonds is 3. The summed E-state index contributed by atoms with van der Waals surface area (Å²) in [7, 11) is 0. The predicted octanol–water partition coefficient (Wildman–Crippen LogP) is 3.62. The summed E-state index contributed by atoms with van der Waals surface area (Å²) in [6, 6.07) is 14.5. The van der Waals surface area contributed by atoms with Crippen LogP contribution in [0.2, 0.25) is 0 Å². The van der Waals surface area contributed by atoms with Crippen molar-refractivity contribution in [2.24, 2.45) is 5.73 Å². The van der Waals surface area contributed by atoms with Crippen molar-refractivity contribution in [1.29, 1.82) is 0 Å². The highest BCUT2D eigenvalue weighted by atomic mass is 19.1. The van der Waals surface area contributed by atoms with Crippen LogP contribution in [0.5, 0.6) is 0 Å². The summed E-state index contributed by atoms with van der Waals surface area (Å²) >= 11 is 0. The summed E-state index contributed by atoms with van der Waals surface area (Å²) in [5.74, 6) is 0. The number of hydrogen-bond donors (Lipinski definition) is 1. The maximum absolute atomic E-state index is 12.3. The quantitative estimate of drug-likeness (QED) is 0.744. The lowest BCUT2D eigenvalue weighted by Gasteiger charge is -2.11. The summed E-state index contributed by atoms with van der Waals surface area (Å²) < 4.78 is 12.3. The lowest BCUT2D eigenvalue weighted by Crippen LogP contribution is -2.11. The summed E-state index contributed by atoms with van der Waals surface area (Å²) in [5, 5.41) is 0. The van der Waals surface area contributed by atoms with Crippen molar-refractivity contribution in [3.63, 3.8) is 0 Å². The average molecular weight is 241 g/mol. The molecule has 0 spiro atoms. The average Bonchev–Trinajstić information content (AvgIpc) is 2.76. The van der Waals surface area contributed by atoms with Gasteiger partial charge < -0.3 is 5.73 Å². The van der Waals surface area contributed by atoms with Gasteiger partial charge in [0.15, 0.2) is 0 Å². The molecule has 1 aliphatic carbocycles. The van der Waals surface area contributed by atoms with Gasteiger partial charge in [0.25, 0.3) is 0 Å². The molecule has 0 saturated carbocycles. The Bertz CT molecular complexity index is 577. The van der Waals surface area contributed by atoms with E-state index < -0.39 is 0 Å². The van der Waals surface area contributed by atoms with Crippen LogP contribution in [0.4, 0.5) is 4.39 Å². The van der Waals surface area contributed by atoms with E-state index in [1.807, 2.05) is 6.07 Å². The lowest BCUT2D eigenvalue weighted by atomic mass is 9.99. The second-order valence-corrected chi connectivity index (χ2v) is 4.83. The zero-order valence-corrected chi connectivity index (χ0v) is 10.2. The minimum Gasteiger partial charge on any atom is -0.324 e. The van der Waals surface area contributed by atoms with Gasteiger partial charge in [0.1, 0.15) is 0 Å². The second kappa shape index (κ2) is 4.54. The minimum absolute atomic E-state index is 0.191. The molecule has 0 bridgehead atoms. The van der Waals surface area contributed by atoms with E-state index in [9.17, 15) is 4.39 Å². The standard InChI is InChI=1S/C16H16FN/c17-8-7-16(18)12-5-6-15-13(10-12)9-11-3-1-2-4-14(11)15/h1-6,10,16H,7-9,18H2/t16-/m0/s1. The molecule has 0 heterocycles. The van der Waals surface area contributed by atoms with Crippen molar-refractivity contribution in [3.8, 4) is 11.1 Å². The monoisotopic (exact) mass is 241 g/mol. The molecule has 0 amide bonds. The molecule has 2 aromatic carbocycles. The van der Waals surface area contributed by atoms with Gasteiger partial charge in [-0.3, -0.25) is 4.39 Å². The molecule has 0 unspecified atom stereocenters. The topological polar surface area (TPSA) is 26.0 Å². The third-order valence-corrected chi connectivity index (χ3v) is 3.67. The smallest absolute Gasteiger partial charge is 0.0912 e. The molecule has 92 valence electrons. The number of halogens is 1. The maximum Gasteiger partial charge on any atom is 0.0912 e. The van der Waals surface area contributed by atoms with Crippen molar-refractivity contribution in [2.45, 2.75) is 18.9 Å². The van der Waals surface area contributed by atoms with Crippen molar-refractivity contribution < 1.29 is 4.39 Å². The Morgan fingerprint density at radius 3 is 2.67 bits per heavy atom.